The number of nitrogens with zero attached hydrogens (tertiary/aromatic N) is 3. The summed E-state index contributed by atoms with van der Waals surface area (Å²) in [4.78, 5) is 5.52. The molecule has 0 aliphatic carbocycles. The lowest BCUT2D eigenvalue weighted by Gasteiger charge is -2.13. The number of aromatic nitrogens is 1. The van der Waals surface area contributed by atoms with Crippen molar-refractivity contribution >= 4 is 17.6 Å². The molecule has 0 amide bonds. The van der Waals surface area contributed by atoms with Gasteiger partial charge in [-0.15, -0.1) is 11.3 Å². The zero-order valence-electron chi connectivity index (χ0n) is 18.0. The van der Waals surface area contributed by atoms with Gasteiger partial charge in [0.25, 0.3) is 0 Å². The summed E-state index contributed by atoms with van der Waals surface area (Å²) in [6.45, 7) is 0.550. The van der Waals surface area contributed by atoms with Gasteiger partial charge in [0.2, 0.25) is 10.6 Å². The molecule has 164 valence electrons. The predicted molar refractivity (Wildman–Crippen MR) is 125 cm³/mol. The molecule has 32 heavy (non-hydrogen) atoms. The van der Waals surface area contributed by atoms with Crippen LogP contribution in [0.4, 0.5) is 0 Å². The molecule has 2 heterocycles. The van der Waals surface area contributed by atoms with E-state index in [1.165, 1.54) is 11.3 Å². The summed E-state index contributed by atoms with van der Waals surface area (Å²) in [6.07, 6.45) is 3.35. The van der Waals surface area contributed by atoms with Gasteiger partial charge in [0, 0.05) is 10.9 Å². The van der Waals surface area contributed by atoms with Gasteiger partial charge in [-0.25, -0.2) is 4.68 Å². The largest absolute Gasteiger partial charge is 0.493 e. The number of thiazole rings is 1. The fourth-order valence-corrected chi connectivity index (χ4v) is 4.02. The van der Waals surface area contributed by atoms with Crippen molar-refractivity contribution in [3.05, 3.63) is 82.2 Å². The standard InChI is InChI=1S/C24H23N3O4S/c1-28-21-12-11-18(22(29-2)23(21)30-3)15-26-27-19(20-10-7-13-31-20)16-32-24(27)25-14-17-8-5-4-6-9-17/h4-13,15-16H,14H2,1-3H3. The smallest absolute Gasteiger partial charge is 0.206 e. The molecule has 0 aliphatic rings. The predicted octanol–water partition coefficient (Wildman–Crippen LogP) is 4.82. The summed E-state index contributed by atoms with van der Waals surface area (Å²) in [6, 6.07) is 17.5. The molecular formula is C24H23N3O4S. The summed E-state index contributed by atoms with van der Waals surface area (Å²) < 4.78 is 23.8. The Bertz CT molecular complexity index is 1260. The number of rotatable bonds is 8. The first-order valence-corrected chi connectivity index (χ1v) is 10.7. The van der Waals surface area contributed by atoms with Gasteiger partial charge in [-0.3, -0.25) is 4.99 Å². The average molecular weight is 450 g/mol. The fourth-order valence-electron chi connectivity index (χ4n) is 3.20. The van der Waals surface area contributed by atoms with Crippen LogP contribution in [0.2, 0.25) is 0 Å². The Morgan fingerprint density at radius 3 is 2.44 bits per heavy atom. The van der Waals surface area contributed by atoms with E-state index in [-0.39, 0.29) is 0 Å². The molecular weight excluding hydrogens is 426 g/mol. The minimum atomic E-state index is 0.509. The van der Waals surface area contributed by atoms with Crippen molar-refractivity contribution in [3.8, 4) is 28.7 Å². The third-order valence-electron chi connectivity index (χ3n) is 4.75. The van der Waals surface area contributed by atoms with Crippen LogP contribution in [0.15, 0.2) is 80.8 Å². The Kier molecular flexibility index (Phi) is 6.72. The minimum absolute atomic E-state index is 0.509. The first-order chi connectivity index (χ1) is 15.7. The highest BCUT2D eigenvalue weighted by atomic mass is 32.1. The Morgan fingerprint density at radius 1 is 0.938 bits per heavy atom. The van der Waals surface area contributed by atoms with E-state index >= 15 is 0 Å². The van der Waals surface area contributed by atoms with Crippen molar-refractivity contribution in [2.75, 3.05) is 21.3 Å². The minimum Gasteiger partial charge on any atom is -0.493 e. The molecule has 4 aromatic rings. The number of ether oxygens (including phenoxy) is 3. The van der Waals surface area contributed by atoms with Crippen LogP contribution < -0.4 is 19.0 Å². The Balaban J connectivity index is 1.77. The van der Waals surface area contributed by atoms with E-state index in [1.54, 1.807) is 38.5 Å². The van der Waals surface area contributed by atoms with Gasteiger partial charge in [-0.05, 0) is 29.8 Å². The molecule has 2 aromatic carbocycles. The van der Waals surface area contributed by atoms with E-state index in [1.807, 2.05) is 60.0 Å². The third-order valence-corrected chi connectivity index (χ3v) is 5.60. The monoisotopic (exact) mass is 449 g/mol. The molecule has 8 heteroatoms. The zero-order chi connectivity index (χ0) is 22.3. The van der Waals surface area contributed by atoms with Crippen molar-refractivity contribution in [3.63, 3.8) is 0 Å². The van der Waals surface area contributed by atoms with Crippen molar-refractivity contribution in [1.29, 1.82) is 0 Å². The number of methoxy groups -OCH3 is 3. The van der Waals surface area contributed by atoms with Gasteiger partial charge in [0.1, 0.15) is 5.69 Å². The van der Waals surface area contributed by atoms with Crippen LogP contribution >= 0.6 is 11.3 Å². The van der Waals surface area contributed by atoms with Crippen LogP contribution in [-0.4, -0.2) is 32.2 Å². The van der Waals surface area contributed by atoms with Gasteiger partial charge < -0.3 is 18.6 Å². The van der Waals surface area contributed by atoms with E-state index < -0.39 is 0 Å². The first kappa shape index (κ1) is 21.5. The molecule has 4 rings (SSSR count). The maximum atomic E-state index is 5.61. The highest BCUT2D eigenvalue weighted by Crippen LogP contribution is 2.39. The van der Waals surface area contributed by atoms with E-state index in [0.717, 1.165) is 21.6 Å². The van der Waals surface area contributed by atoms with Crippen LogP contribution in [0.3, 0.4) is 0 Å². The van der Waals surface area contributed by atoms with E-state index in [9.17, 15) is 0 Å². The first-order valence-electron chi connectivity index (χ1n) is 9.87. The second kappa shape index (κ2) is 10.0. The molecule has 0 saturated heterocycles. The molecule has 0 unspecified atom stereocenters. The lowest BCUT2D eigenvalue weighted by molar-refractivity contribution is 0.324. The summed E-state index contributed by atoms with van der Waals surface area (Å²) in [5.41, 5.74) is 2.67. The maximum absolute atomic E-state index is 5.61. The topological polar surface area (TPSA) is 70.5 Å². The molecule has 0 spiro atoms. The summed E-state index contributed by atoms with van der Waals surface area (Å²) in [5, 5.41) is 6.69. The van der Waals surface area contributed by atoms with Crippen molar-refractivity contribution in [2.45, 2.75) is 6.54 Å². The van der Waals surface area contributed by atoms with Crippen molar-refractivity contribution in [1.82, 2.24) is 4.68 Å². The quantitative estimate of drug-likeness (QED) is 0.362. The summed E-state index contributed by atoms with van der Waals surface area (Å²) in [7, 11) is 4.74. The highest BCUT2D eigenvalue weighted by Gasteiger charge is 2.15. The van der Waals surface area contributed by atoms with Crippen LogP contribution in [-0.2, 0) is 6.54 Å². The van der Waals surface area contributed by atoms with E-state index in [2.05, 4.69) is 0 Å². The fraction of sp³-hybridized carbons (Fsp3) is 0.167. The van der Waals surface area contributed by atoms with E-state index in [4.69, 9.17) is 28.7 Å². The van der Waals surface area contributed by atoms with Crippen LogP contribution in [0.5, 0.6) is 17.2 Å². The van der Waals surface area contributed by atoms with Crippen LogP contribution in [0, 0.1) is 0 Å². The Hall–Kier alpha value is -3.78. The molecule has 0 radical (unpaired) electrons. The Morgan fingerprint density at radius 2 is 1.75 bits per heavy atom. The van der Waals surface area contributed by atoms with Gasteiger partial charge >= 0.3 is 0 Å². The Labute approximate surface area is 189 Å². The van der Waals surface area contributed by atoms with Crippen LogP contribution in [0.25, 0.3) is 11.5 Å². The highest BCUT2D eigenvalue weighted by molar-refractivity contribution is 7.07. The SMILES string of the molecule is COc1ccc(C=Nn2c(-c3ccco3)csc2=NCc2ccccc2)c(OC)c1OC. The maximum Gasteiger partial charge on any atom is 0.206 e. The van der Waals surface area contributed by atoms with Crippen molar-refractivity contribution in [2.24, 2.45) is 10.1 Å². The number of furan rings is 1. The molecule has 7 nitrogen and oxygen atoms in total. The molecule has 0 bridgehead atoms. The van der Waals surface area contributed by atoms with Crippen LogP contribution in [0.1, 0.15) is 11.1 Å². The lowest BCUT2D eigenvalue weighted by atomic mass is 10.2. The average Bonchev–Trinajstić information content (AvgIpc) is 3.51. The summed E-state index contributed by atoms with van der Waals surface area (Å²) in [5.74, 6) is 2.33. The molecule has 0 fully saturated rings. The van der Waals surface area contributed by atoms with Gasteiger partial charge in [0.15, 0.2) is 17.3 Å². The second-order valence-corrected chi connectivity index (χ2v) is 7.50. The molecule has 0 saturated carbocycles. The van der Waals surface area contributed by atoms with Crippen molar-refractivity contribution < 1.29 is 18.6 Å². The molecule has 2 aromatic heterocycles. The summed E-state index contributed by atoms with van der Waals surface area (Å²) >= 11 is 1.50. The molecule has 0 N–H and O–H groups in total. The van der Waals surface area contributed by atoms with E-state index in [0.29, 0.717) is 29.6 Å². The lowest BCUT2D eigenvalue weighted by Crippen LogP contribution is -2.12. The van der Waals surface area contributed by atoms with Gasteiger partial charge in [-0.2, -0.15) is 5.10 Å². The normalized spacial score (nSPS) is 11.8. The third kappa shape index (κ3) is 4.45. The number of hydrogen-bond donors (Lipinski definition) is 0. The molecule has 0 aliphatic heterocycles. The van der Waals surface area contributed by atoms with Gasteiger partial charge in [-0.1, -0.05) is 30.3 Å². The molecule has 0 atom stereocenters. The number of benzene rings is 2. The van der Waals surface area contributed by atoms with Gasteiger partial charge in [0.05, 0.1) is 40.4 Å². The zero-order valence-corrected chi connectivity index (χ0v) is 18.8. The number of hydrogen-bond acceptors (Lipinski definition) is 7. The second-order valence-electron chi connectivity index (χ2n) is 6.66.